The highest BCUT2D eigenvalue weighted by Crippen LogP contribution is 2.23. The van der Waals surface area contributed by atoms with E-state index in [4.69, 9.17) is 4.74 Å². The number of carbonyl (C=O) groups excluding carboxylic acids is 2. The zero-order valence-corrected chi connectivity index (χ0v) is 12.6. The van der Waals surface area contributed by atoms with E-state index in [-0.39, 0.29) is 11.8 Å². The van der Waals surface area contributed by atoms with Gasteiger partial charge in [0.15, 0.2) is 0 Å². The number of esters is 1. The lowest BCUT2D eigenvalue weighted by Gasteiger charge is -2.18. The molecule has 2 atom stereocenters. The molecule has 0 aliphatic rings. The van der Waals surface area contributed by atoms with Gasteiger partial charge in [-0.25, -0.2) is 4.79 Å². The predicted molar refractivity (Wildman–Crippen MR) is 77.8 cm³/mol. The van der Waals surface area contributed by atoms with Crippen molar-refractivity contribution in [3.05, 3.63) is 23.8 Å². The van der Waals surface area contributed by atoms with Crippen molar-refractivity contribution in [2.75, 3.05) is 6.61 Å². The Kier molecular flexibility index (Phi) is 8.84. The predicted octanol–water partition coefficient (Wildman–Crippen LogP) is 3.69. The molecule has 0 fully saturated rings. The molecule has 0 aliphatic heterocycles. The highest BCUT2D eigenvalue weighted by atomic mass is 16.5. The molecule has 0 unspecified atom stereocenters. The summed E-state index contributed by atoms with van der Waals surface area (Å²) in [4.78, 5) is 22.6. The molecule has 0 aromatic carbocycles. The van der Waals surface area contributed by atoms with Crippen LogP contribution >= 0.6 is 0 Å². The largest absolute Gasteiger partial charge is 0.463 e. The van der Waals surface area contributed by atoms with Crippen LogP contribution in [-0.4, -0.2) is 18.9 Å². The fourth-order valence-electron chi connectivity index (χ4n) is 1.83. The van der Waals surface area contributed by atoms with E-state index in [1.165, 1.54) is 5.57 Å². The van der Waals surface area contributed by atoms with Crippen molar-refractivity contribution in [1.29, 1.82) is 0 Å². The maximum absolute atomic E-state index is 11.5. The molecule has 0 aromatic rings. The van der Waals surface area contributed by atoms with Crippen LogP contribution in [0, 0.1) is 11.8 Å². The summed E-state index contributed by atoms with van der Waals surface area (Å²) in [7, 11) is 0. The topological polar surface area (TPSA) is 43.4 Å². The van der Waals surface area contributed by atoms with Crippen LogP contribution in [0.15, 0.2) is 23.8 Å². The molecule has 19 heavy (non-hydrogen) atoms. The molecule has 3 heteroatoms. The minimum Gasteiger partial charge on any atom is -0.463 e. The van der Waals surface area contributed by atoms with E-state index in [1.807, 2.05) is 6.92 Å². The molecule has 0 heterocycles. The van der Waals surface area contributed by atoms with Crippen molar-refractivity contribution in [3.8, 4) is 0 Å². The lowest BCUT2D eigenvalue weighted by molar-refractivity contribution is -0.138. The Labute approximate surface area is 116 Å². The summed E-state index contributed by atoms with van der Waals surface area (Å²) in [6, 6.07) is 0. The number of ether oxygens (including phenoxy) is 1. The van der Waals surface area contributed by atoms with Crippen LogP contribution in [-0.2, 0) is 14.3 Å². The minimum atomic E-state index is -0.397. The van der Waals surface area contributed by atoms with Gasteiger partial charge in [0.05, 0.1) is 6.61 Å². The van der Waals surface area contributed by atoms with Crippen molar-refractivity contribution < 1.29 is 14.3 Å². The van der Waals surface area contributed by atoms with Crippen LogP contribution in [0.2, 0.25) is 0 Å². The third-order valence-corrected chi connectivity index (χ3v) is 3.13. The molecule has 0 amide bonds. The van der Waals surface area contributed by atoms with Gasteiger partial charge in [0.1, 0.15) is 6.29 Å². The Bertz CT molecular complexity index is 338. The van der Waals surface area contributed by atoms with Gasteiger partial charge in [0, 0.05) is 11.5 Å². The average molecular weight is 266 g/mol. The third kappa shape index (κ3) is 7.60. The third-order valence-electron chi connectivity index (χ3n) is 3.13. The number of allylic oxidation sites excluding steroid dienone is 2. The van der Waals surface area contributed by atoms with Gasteiger partial charge >= 0.3 is 5.97 Å². The Balaban J connectivity index is 4.33. The molecular weight excluding hydrogens is 240 g/mol. The normalized spacial score (nSPS) is 13.3. The summed E-state index contributed by atoms with van der Waals surface area (Å²) in [6.45, 7) is 12.0. The quantitative estimate of drug-likeness (QED) is 0.277. The van der Waals surface area contributed by atoms with Crippen LogP contribution < -0.4 is 0 Å². The zero-order valence-electron chi connectivity index (χ0n) is 12.6. The Morgan fingerprint density at radius 3 is 2.47 bits per heavy atom. The van der Waals surface area contributed by atoms with E-state index in [0.29, 0.717) is 18.6 Å². The second kappa shape index (κ2) is 9.54. The molecule has 0 saturated carbocycles. The van der Waals surface area contributed by atoms with Crippen LogP contribution in [0.5, 0.6) is 0 Å². The van der Waals surface area contributed by atoms with E-state index < -0.39 is 5.97 Å². The molecule has 0 spiro atoms. The number of rotatable bonds is 9. The molecule has 0 aliphatic carbocycles. The SMILES string of the molecule is C=C(C[C@H](C=O)[C@H](C)CCC=C(C)C)C(=O)OCC. The number of hydrogen-bond acceptors (Lipinski definition) is 3. The smallest absolute Gasteiger partial charge is 0.333 e. The van der Waals surface area contributed by atoms with Gasteiger partial charge in [-0.05, 0) is 46.0 Å². The summed E-state index contributed by atoms with van der Waals surface area (Å²) >= 11 is 0. The second-order valence-electron chi connectivity index (χ2n) is 5.16. The summed E-state index contributed by atoms with van der Waals surface area (Å²) < 4.78 is 4.88. The molecular formula is C16H26O3. The van der Waals surface area contributed by atoms with E-state index >= 15 is 0 Å². The average Bonchev–Trinajstić information content (AvgIpc) is 2.35. The monoisotopic (exact) mass is 266 g/mol. The first kappa shape index (κ1) is 17.6. The van der Waals surface area contributed by atoms with Gasteiger partial charge in [0.25, 0.3) is 0 Å². The van der Waals surface area contributed by atoms with Crippen LogP contribution in [0.3, 0.4) is 0 Å². The van der Waals surface area contributed by atoms with E-state index in [9.17, 15) is 9.59 Å². The van der Waals surface area contributed by atoms with Gasteiger partial charge in [-0.15, -0.1) is 0 Å². The molecule has 0 bridgehead atoms. The van der Waals surface area contributed by atoms with Crippen LogP contribution in [0.25, 0.3) is 0 Å². The fraction of sp³-hybridized carbons (Fsp3) is 0.625. The first-order chi connectivity index (χ1) is 8.92. The van der Waals surface area contributed by atoms with Crippen molar-refractivity contribution in [2.45, 2.75) is 47.0 Å². The van der Waals surface area contributed by atoms with E-state index in [0.717, 1.165) is 19.1 Å². The molecule has 108 valence electrons. The number of carbonyl (C=O) groups is 2. The minimum absolute atomic E-state index is 0.164. The molecule has 0 saturated heterocycles. The van der Waals surface area contributed by atoms with Gasteiger partial charge in [-0.2, -0.15) is 0 Å². The van der Waals surface area contributed by atoms with Gasteiger partial charge < -0.3 is 9.53 Å². The Morgan fingerprint density at radius 2 is 2.00 bits per heavy atom. The lowest BCUT2D eigenvalue weighted by atomic mass is 9.86. The summed E-state index contributed by atoms with van der Waals surface area (Å²) in [5, 5.41) is 0. The second-order valence-corrected chi connectivity index (χ2v) is 5.16. The molecule has 0 rings (SSSR count). The van der Waals surface area contributed by atoms with E-state index in [2.05, 4.69) is 26.5 Å². The number of hydrogen-bond donors (Lipinski definition) is 0. The highest BCUT2D eigenvalue weighted by molar-refractivity contribution is 5.88. The van der Waals surface area contributed by atoms with Crippen molar-refractivity contribution in [1.82, 2.24) is 0 Å². The van der Waals surface area contributed by atoms with Crippen LogP contribution in [0.1, 0.15) is 47.0 Å². The summed E-state index contributed by atoms with van der Waals surface area (Å²) in [5.74, 6) is -0.326. The first-order valence-electron chi connectivity index (χ1n) is 6.85. The summed E-state index contributed by atoms with van der Waals surface area (Å²) in [6.07, 6.45) is 5.37. The molecule has 3 nitrogen and oxygen atoms in total. The van der Waals surface area contributed by atoms with Gasteiger partial charge in [0.2, 0.25) is 0 Å². The van der Waals surface area contributed by atoms with Gasteiger partial charge in [-0.3, -0.25) is 0 Å². The van der Waals surface area contributed by atoms with Crippen molar-refractivity contribution in [2.24, 2.45) is 11.8 Å². The standard InChI is InChI=1S/C16H26O3/c1-6-19-16(18)14(5)10-15(11-17)13(4)9-7-8-12(2)3/h8,11,13,15H,5-7,9-10H2,1-4H3/t13-,15-/m1/s1. The first-order valence-corrected chi connectivity index (χ1v) is 6.85. The van der Waals surface area contributed by atoms with Crippen LogP contribution in [0.4, 0.5) is 0 Å². The maximum atomic E-state index is 11.5. The Morgan fingerprint density at radius 1 is 1.37 bits per heavy atom. The Hall–Kier alpha value is -1.38. The van der Waals surface area contributed by atoms with Crippen molar-refractivity contribution in [3.63, 3.8) is 0 Å². The fourth-order valence-corrected chi connectivity index (χ4v) is 1.83. The highest BCUT2D eigenvalue weighted by Gasteiger charge is 2.20. The molecule has 0 aromatic heterocycles. The maximum Gasteiger partial charge on any atom is 0.333 e. The van der Waals surface area contributed by atoms with Gasteiger partial charge in [-0.1, -0.05) is 25.2 Å². The number of aldehydes is 1. The molecule has 0 N–H and O–H groups in total. The van der Waals surface area contributed by atoms with E-state index in [1.54, 1.807) is 6.92 Å². The molecule has 0 radical (unpaired) electrons. The summed E-state index contributed by atoms with van der Waals surface area (Å²) in [5.41, 5.74) is 1.67. The zero-order chi connectivity index (χ0) is 14.8. The lowest BCUT2D eigenvalue weighted by Crippen LogP contribution is -2.17. The van der Waals surface area contributed by atoms with Crippen molar-refractivity contribution >= 4 is 12.3 Å².